The molecule has 2 bridgehead atoms. The minimum atomic E-state index is -0.540. The largest absolute Gasteiger partial charge is 0.459 e. The second-order valence-corrected chi connectivity index (χ2v) is 10.2. The van der Waals surface area contributed by atoms with Crippen molar-refractivity contribution in [2.75, 3.05) is 39.5 Å². The van der Waals surface area contributed by atoms with Crippen molar-refractivity contribution in [3.05, 3.63) is 25.3 Å². The summed E-state index contributed by atoms with van der Waals surface area (Å²) in [5.41, 5.74) is 0.406. The summed E-state index contributed by atoms with van der Waals surface area (Å²) < 4.78 is 19.6. The Labute approximate surface area is 218 Å². The SMILES string of the molecule is C=CC(=O)OCCOC(=O)NCCC1CC2CCC3(CCC(CCNC(=O)OCCOC(=O)C=C)C23)C1. The van der Waals surface area contributed by atoms with Crippen molar-refractivity contribution in [3.63, 3.8) is 0 Å². The Balaban J connectivity index is 1.31. The Morgan fingerprint density at radius 1 is 0.784 bits per heavy atom. The zero-order valence-electron chi connectivity index (χ0n) is 21.5. The number of carbonyl (C=O) groups excluding carboxylic acids is 4. The van der Waals surface area contributed by atoms with Crippen molar-refractivity contribution >= 4 is 24.1 Å². The van der Waals surface area contributed by atoms with Crippen LogP contribution in [0.1, 0.15) is 51.4 Å². The molecule has 0 heterocycles. The molecular formula is C27H40N2O8. The Morgan fingerprint density at radius 3 is 1.92 bits per heavy atom. The topological polar surface area (TPSA) is 129 Å². The van der Waals surface area contributed by atoms with Gasteiger partial charge in [-0.2, -0.15) is 0 Å². The quantitative estimate of drug-likeness (QED) is 0.154. The van der Waals surface area contributed by atoms with Gasteiger partial charge in [-0.1, -0.05) is 13.2 Å². The molecule has 3 aliphatic carbocycles. The maximum atomic E-state index is 11.9. The highest BCUT2D eigenvalue weighted by atomic mass is 16.6. The molecule has 0 aromatic rings. The van der Waals surface area contributed by atoms with E-state index in [0.717, 1.165) is 30.9 Å². The Kier molecular flexibility index (Phi) is 10.8. The van der Waals surface area contributed by atoms with Gasteiger partial charge in [0, 0.05) is 25.2 Å². The highest BCUT2D eigenvalue weighted by Crippen LogP contribution is 2.67. The van der Waals surface area contributed by atoms with Gasteiger partial charge in [0.2, 0.25) is 0 Å². The molecule has 5 unspecified atom stereocenters. The number of hydrogen-bond donors (Lipinski definition) is 2. The van der Waals surface area contributed by atoms with Gasteiger partial charge in [0.15, 0.2) is 0 Å². The van der Waals surface area contributed by atoms with Gasteiger partial charge in [0.05, 0.1) is 0 Å². The standard InChI is InChI=1S/C27H40N2O8/c1-3-22(30)34-13-15-36-25(32)28-11-7-19-17-21-6-10-27(18-19)9-5-20(24(21)27)8-12-29-26(33)37-16-14-35-23(31)4-2/h3-4,19-21,24H,1-2,5-18H2,(H,28,32)(H,29,33). The van der Waals surface area contributed by atoms with Crippen LogP contribution in [0.3, 0.4) is 0 Å². The van der Waals surface area contributed by atoms with E-state index < -0.39 is 24.1 Å². The molecule has 3 fully saturated rings. The summed E-state index contributed by atoms with van der Waals surface area (Å²) in [6.07, 6.45) is 10.4. The second kappa shape index (κ2) is 14.0. The molecule has 0 aromatic carbocycles. The number of ether oxygens (including phenoxy) is 4. The zero-order valence-corrected chi connectivity index (χ0v) is 21.5. The number of hydrogen-bond acceptors (Lipinski definition) is 8. The molecule has 0 spiro atoms. The van der Waals surface area contributed by atoms with Gasteiger partial charge in [0.25, 0.3) is 0 Å². The third-order valence-electron chi connectivity index (χ3n) is 8.14. The zero-order chi connectivity index (χ0) is 26.7. The van der Waals surface area contributed by atoms with E-state index in [1.165, 1.54) is 38.5 Å². The van der Waals surface area contributed by atoms with Gasteiger partial charge in [0.1, 0.15) is 26.4 Å². The van der Waals surface area contributed by atoms with E-state index in [9.17, 15) is 19.2 Å². The lowest BCUT2D eigenvalue weighted by Crippen LogP contribution is -2.37. The number of amides is 2. The molecule has 3 rings (SSSR count). The first kappa shape index (κ1) is 28.5. The van der Waals surface area contributed by atoms with Crippen molar-refractivity contribution in [2.45, 2.75) is 51.4 Å². The molecule has 0 aromatic heterocycles. The lowest BCUT2D eigenvalue weighted by Gasteiger charge is -2.43. The van der Waals surface area contributed by atoms with Crippen molar-refractivity contribution in [3.8, 4) is 0 Å². The Morgan fingerprint density at radius 2 is 1.32 bits per heavy atom. The first-order valence-corrected chi connectivity index (χ1v) is 13.3. The highest BCUT2D eigenvalue weighted by molar-refractivity contribution is 5.81. The highest BCUT2D eigenvalue weighted by Gasteiger charge is 2.58. The number of nitrogens with one attached hydrogen (secondary N) is 2. The molecule has 3 saturated carbocycles. The molecule has 37 heavy (non-hydrogen) atoms. The lowest BCUT2D eigenvalue weighted by atomic mass is 9.62. The fourth-order valence-corrected chi connectivity index (χ4v) is 6.89. The lowest BCUT2D eigenvalue weighted by molar-refractivity contribution is -0.139. The van der Waals surface area contributed by atoms with E-state index in [4.69, 9.17) is 18.9 Å². The smallest absolute Gasteiger partial charge is 0.407 e. The minimum Gasteiger partial charge on any atom is -0.459 e. The van der Waals surface area contributed by atoms with Crippen LogP contribution in [0.25, 0.3) is 0 Å². The van der Waals surface area contributed by atoms with Crippen molar-refractivity contribution < 1.29 is 38.1 Å². The van der Waals surface area contributed by atoms with Crippen LogP contribution in [-0.4, -0.2) is 63.6 Å². The molecule has 0 radical (unpaired) electrons. The number of esters is 2. The molecule has 10 nitrogen and oxygen atoms in total. The third kappa shape index (κ3) is 8.23. The predicted molar refractivity (Wildman–Crippen MR) is 134 cm³/mol. The van der Waals surface area contributed by atoms with Gasteiger partial charge < -0.3 is 29.6 Å². The van der Waals surface area contributed by atoms with Crippen LogP contribution in [0.4, 0.5) is 9.59 Å². The van der Waals surface area contributed by atoms with Crippen molar-refractivity contribution in [1.29, 1.82) is 0 Å². The molecule has 2 amide bonds. The summed E-state index contributed by atoms with van der Waals surface area (Å²) in [4.78, 5) is 45.7. The van der Waals surface area contributed by atoms with Crippen LogP contribution in [-0.2, 0) is 28.5 Å². The third-order valence-corrected chi connectivity index (χ3v) is 8.14. The molecule has 5 atom stereocenters. The summed E-state index contributed by atoms with van der Waals surface area (Å²) in [5, 5.41) is 5.64. The molecule has 3 aliphatic rings. The second-order valence-electron chi connectivity index (χ2n) is 10.2. The van der Waals surface area contributed by atoms with Gasteiger partial charge in [-0.15, -0.1) is 0 Å². The predicted octanol–water partition coefficient (Wildman–Crippen LogP) is 3.51. The van der Waals surface area contributed by atoms with E-state index >= 15 is 0 Å². The summed E-state index contributed by atoms with van der Waals surface area (Å²) in [7, 11) is 0. The summed E-state index contributed by atoms with van der Waals surface area (Å²) in [5.74, 6) is 1.57. The molecule has 10 heteroatoms. The normalized spacial score (nSPS) is 27.4. The molecule has 0 aliphatic heterocycles. The molecule has 2 N–H and O–H groups in total. The summed E-state index contributed by atoms with van der Waals surface area (Å²) >= 11 is 0. The van der Waals surface area contributed by atoms with Gasteiger partial charge in [-0.05, 0) is 80.5 Å². The maximum Gasteiger partial charge on any atom is 0.407 e. The van der Waals surface area contributed by atoms with Crippen molar-refractivity contribution in [2.24, 2.45) is 29.1 Å². The van der Waals surface area contributed by atoms with E-state index in [2.05, 4.69) is 23.8 Å². The van der Waals surface area contributed by atoms with E-state index in [1.54, 1.807) is 0 Å². The van der Waals surface area contributed by atoms with E-state index in [-0.39, 0.29) is 26.4 Å². The minimum absolute atomic E-state index is 0.0115. The van der Waals surface area contributed by atoms with E-state index in [0.29, 0.717) is 36.3 Å². The van der Waals surface area contributed by atoms with Crippen LogP contribution < -0.4 is 10.6 Å². The molecule has 206 valence electrons. The van der Waals surface area contributed by atoms with Crippen LogP contribution in [0.5, 0.6) is 0 Å². The average molecular weight is 521 g/mol. The Bertz CT molecular complexity index is 846. The monoisotopic (exact) mass is 520 g/mol. The van der Waals surface area contributed by atoms with Gasteiger partial charge in [-0.3, -0.25) is 0 Å². The fourth-order valence-electron chi connectivity index (χ4n) is 6.89. The first-order valence-electron chi connectivity index (χ1n) is 13.3. The maximum absolute atomic E-state index is 11.9. The number of carbonyl (C=O) groups is 4. The van der Waals surface area contributed by atoms with Gasteiger partial charge in [-0.25, -0.2) is 19.2 Å². The van der Waals surface area contributed by atoms with Crippen molar-refractivity contribution in [1.82, 2.24) is 10.6 Å². The first-order chi connectivity index (χ1) is 17.9. The summed E-state index contributed by atoms with van der Waals surface area (Å²) in [6.45, 7) is 7.83. The van der Waals surface area contributed by atoms with Crippen LogP contribution in [0, 0.1) is 29.1 Å². The number of alkyl carbamates (subject to hydrolysis) is 2. The molecule has 0 saturated heterocycles. The van der Waals surface area contributed by atoms with Crippen LogP contribution in [0.15, 0.2) is 25.3 Å². The summed E-state index contributed by atoms with van der Waals surface area (Å²) in [6, 6.07) is 0. The molecular weight excluding hydrogens is 480 g/mol. The fraction of sp³-hybridized carbons (Fsp3) is 0.704. The van der Waals surface area contributed by atoms with E-state index in [1.807, 2.05) is 0 Å². The number of rotatable bonds is 14. The Hall–Kier alpha value is -3.04. The van der Waals surface area contributed by atoms with Crippen LogP contribution >= 0.6 is 0 Å². The average Bonchev–Trinajstić information content (AvgIpc) is 3.36. The van der Waals surface area contributed by atoms with Crippen LogP contribution in [0.2, 0.25) is 0 Å². The van der Waals surface area contributed by atoms with Gasteiger partial charge >= 0.3 is 24.1 Å².